The van der Waals surface area contributed by atoms with Crippen LogP contribution in [0.3, 0.4) is 0 Å². The Labute approximate surface area is 136 Å². The van der Waals surface area contributed by atoms with E-state index in [4.69, 9.17) is 0 Å². The summed E-state index contributed by atoms with van der Waals surface area (Å²) in [5.41, 5.74) is 0.281. The fourth-order valence-corrected chi connectivity index (χ4v) is 4.57. The second-order valence-corrected chi connectivity index (χ2v) is 8.70. The van der Waals surface area contributed by atoms with Crippen molar-refractivity contribution in [3.05, 3.63) is 17.7 Å². The van der Waals surface area contributed by atoms with Crippen LogP contribution in [0.4, 0.5) is 0 Å². The summed E-state index contributed by atoms with van der Waals surface area (Å²) < 4.78 is 25.1. The largest absolute Gasteiger partial charge is 0.345 e. The number of aryl methyl sites for hydroxylation is 1. The number of nitrogens with zero attached hydrogens (tertiary/aromatic N) is 3. The number of H-pyrrole nitrogens is 1. The van der Waals surface area contributed by atoms with Crippen molar-refractivity contribution in [1.29, 1.82) is 0 Å². The second kappa shape index (κ2) is 5.57. The van der Waals surface area contributed by atoms with Gasteiger partial charge in [0.1, 0.15) is 5.82 Å². The number of fused-ring (bicyclic) bond motifs is 1. The number of carbonyl (C=O) groups excluding carboxylic acids is 1. The van der Waals surface area contributed by atoms with Gasteiger partial charge >= 0.3 is 0 Å². The van der Waals surface area contributed by atoms with Gasteiger partial charge in [-0.25, -0.2) is 17.7 Å². The number of aromatic amines is 1. The molecule has 2 N–H and O–H groups in total. The molecule has 0 saturated carbocycles. The third-order valence-electron chi connectivity index (χ3n) is 4.88. The average Bonchev–Trinajstić information content (AvgIpc) is 3.10. The Bertz CT molecular complexity index is 716. The monoisotopic (exact) mass is 341 g/mol. The number of aromatic nitrogens is 2. The van der Waals surface area contributed by atoms with Gasteiger partial charge in [-0.3, -0.25) is 4.79 Å². The number of nitrogens with one attached hydrogen (secondary N) is 2. The van der Waals surface area contributed by atoms with Crippen molar-refractivity contribution in [3.63, 3.8) is 0 Å². The molecular formula is C14H23N5O3S. The zero-order chi connectivity index (χ0) is 16.8. The molecule has 0 bridgehead atoms. The molecule has 2 fully saturated rings. The molecule has 2 atom stereocenters. The van der Waals surface area contributed by atoms with Crippen LogP contribution < -0.4 is 5.32 Å². The lowest BCUT2D eigenvalue weighted by Crippen LogP contribution is -2.48. The maximum Gasteiger partial charge on any atom is 0.231 e. The van der Waals surface area contributed by atoms with Crippen molar-refractivity contribution in [1.82, 2.24) is 24.5 Å². The summed E-state index contributed by atoms with van der Waals surface area (Å²) in [5, 5.41) is 3.25. The summed E-state index contributed by atoms with van der Waals surface area (Å²) in [4.78, 5) is 22.0. The van der Waals surface area contributed by atoms with E-state index in [1.807, 2.05) is 6.92 Å². The number of carbonyl (C=O) groups is 1. The van der Waals surface area contributed by atoms with Crippen LogP contribution in [0, 0.1) is 18.3 Å². The number of sulfonamides is 1. The first-order chi connectivity index (χ1) is 10.7. The molecule has 8 nitrogen and oxygen atoms in total. The Morgan fingerprint density at radius 3 is 2.91 bits per heavy atom. The summed E-state index contributed by atoms with van der Waals surface area (Å²) >= 11 is 0. The van der Waals surface area contributed by atoms with Gasteiger partial charge in [0.05, 0.1) is 18.2 Å². The van der Waals surface area contributed by atoms with E-state index in [9.17, 15) is 13.2 Å². The number of amides is 1. The summed E-state index contributed by atoms with van der Waals surface area (Å²) in [6.45, 7) is 4.15. The molecule has 2 aliphatic heterocycles. The fraction of sp³-hybridized carbons (Fsp3) is 0.714. The lowest BCUT2D eigenvalue weighted by molar-refractivity contribution is -0.141. The van der Waals surface area contributed by atoms with E-state index in [1.165, 1.54) is 10.6 Å². The van der Waals surface area contributed by atoms with Gasteiger partial charge in [-0.15, -0.1) is 0 Å². The average molecular weight is 341 g/mol. The van der Waals surface area contributed by atoms with Crippen LogP contribution in [0.5, 0.6) is 0 Å². The Kier molecular flexibility index (Phi) is 3.97. The first kappa shape index (κ1) is 16.4. The van der Waals surface area contributed by atoms with Gasteiger partial charge in [0, 0.05) is 51.0 Å². The minimum Gasteiger partial charge on any atom is -0.345 e. The van der Waals surface area contributed by atoms with Crippen molar-refractivity contribution >= 4 is 15.9 Å². The normalized spacial score (nSPS) is 28.0. The Balaban J connectivity index is 1.79. The van der Waals surface area contributed by atoms with Crippen LogP contribution in [0.1, 0.15) is 11.5 Å². The minimum absolute atomic E-state index is 0.0190. The Morgan fingerprint density at radius 1 is 1.57 bits per heavy atom. The topological polar surface area (TPSA) is 98.4 Å². The van der Waals surface area contributed by atoms with Crippen LogP contribution in [0.2, 0.25) is 0 Å². The van der Waals surface area contributed by atoms with Gasteiger partial charge in [-0.1, -0.05) is 0 Å². The molecule has 0 spiro atoms. The molecule has 3 heterocycles. The predicted octanol–water partition coefficient (Wildman–Crippen LogP) is -0.842. The van der Waals surface area contributed by atoms with Crippen LogP contribution in [0.15, 0.2) is 6.20 Å². The van der Waals surface area contributed by atoms with E-state index in [0.29, 0.717) is 26.2 Å². The molecular weight excluding hydrogens is 318 g/mol. The summed E-state index contributed by atoms with van der Waals surface area (Å²) in [7, 11) is -1.54. The number of imidazole rings is 1. The van der Waals surface area contributed by atoms with E-state index < -0.39 is 15.4 Å². The quantitative estimate of drug-likeness (QED) is 0.744. The third kappa shape index (κ3) is 2.88. The van der Waals surface area contributed by atoms with Crippen molar-refractivity contribution in [2.45, 2.75) is 13.5 Å². The van der Waals surface area contributed by atoms with E-state index in [2.05, 4.69) is 15.3 Å². The third-order valence-corrected chi connectivity index (χ3v) is 6.10. The molecule has 2 saturated heterocycles. The molecule has 0 aliphatic carbocycles. The van der Waals surface area contributed by atoms with Crippen molar-refractivity contribution in [2.24, 2.45) is 11.3 Å². The van der Waals surface area contributed by atoms with Gasteiger partial charge in [0.15, 0.2) is 0 Å². The second-order valence-electron chi connectivity index (χ2n) is 6.71. The summed E-state index contributed by atoms with van der Waals surface area (Å²) in [5.74, 6) is 0.730. The number of hydrogen-bond acceptors (Lipinski definition) is 5. The van der Waals surface area contributed by atoms with Crippen molar-refractivity contribution in [2.75, 3.05) is 39.5 Å². The Hall–Kier alpha value is -1.45. The highest BCUT2D eigenvalue weighted by Crippen LogP contribution is 2.41. The molecule has 0 radical (unpaired) electrons. The minimum atomic E-state index is -3.28. The summed E-state index contributed by atoms with van der Waals surface area (Å²) in [6, 6.07) is 0. The molecule has 1 aromatic rings. The molecule has 2 aliphatic rings. The maximum absolute atomic E-state index is 13.1. The summed E-state index contributed by atoms with van der Waals surface area (Å²) in [6.07, 6.45) is 2.93. The molecule has 3 rings (SSSR count). The van der Waals surface area contributed by atoms with Gasteiger partial charge in [-0.05, 0) is 6.92 Å². The molecule has 1 aromatic heterocycles. The molecule has 128 valence electrons. The zero-order valence-electron chi connectivity index (χ0n) is 13.7. The first-order valence-electron chi connectivity index (χ1n) is 7.64. The lowest BCUT2D eigenvalue weighted by Gasteiger charge is -2.31. The van der Waals surface area contributed by atoms with Gasteiger partial charge in [-0.2, -0.15) is 0 Å². The van der Waals surface area contributed by atoms with Crippen LogP contribution in [-0.2, 0) is 21.4 Å². The number of rotatable bonds is 4. The van der Waals surface area contributed by atoms with E-state index >= 15 is 0 Å². The molecule has 0 aromatic carbocycles. The smallest absolute Gasteiger partial charge is 0.231 e. The first-order valence-corrected chi connectivity index (χ1v) is 9.49. The number of hydrogen-bond donors (Lipinski definition) is 2. The van der Waals surface area contributed by atoms with Crippen molar-refractivity contribution in [3.8, 4) is 0 Å². The van der Waals surface area contributed by atoms with Crippen molar-refractivity contribution < 1.29 is 13.2 Å². The fourth-order valence-electron chi connectivity index (χ4n) is 3.65. The van der Waals surface area contributed by atoms with E-state index in [1.54, 1.807) is 18.1 Å². The maximum atomic E-state index is 13.1. The Morgan fingerprint density at radius 2 is 2.30 bits per heavy atom. The predicted molar refractivity (Wildman–Crippen MR) is 85.0 cm³/mol. The molecule has 9 heteroatoms. The van der Waals surface area contributed by atoms with Crippen LogP contribution in [-0.4, -0.2) is 73.0 Å². The zero-order valence-corrected chi connectivity index (χ0v) is 14.5. The SMILES string of the molecule is Cc1cnc(CN(C)C(=O)[C@@]23CNC[C@@H]2CN(S(C)(=O)=O)C3)[nH]1. The van der Waals surface area contributed by atoms with Gasteiger partial charge in [0.25, 0.3) is 0 Å². The highest BCUT2D eigenvalue weighted by molar-refractivity contribution is 7.88. The van der Waals surface area contributed by atoms with Gasteiger partial charge in [0.2, 0.25) is 15.9 Å². The molecule has 1 amide bonds. The van der Waals surface area contributed by atoms with Crippen LogP contribution >= 0.6 is 0 Å². The molecule has 23 heavy (non-hydrogen) atoms. The van der Waals surface area contributed by atoms with Crippen LogP contribution in [0.25, 0.3) is 0 Å². The van der Waals surface area contributed by atoms with E-state index in [-0.39, 0.29) is 18.4 Å². The standard InChI is InChI=1S/C14H23N5O3S/c1-10-4-16-12(17-10)7-18(2)13(20)14-8-15-5-11(14)6-19(9-14)23(3,21)22/h4,11,15H,5-9H2,1-3H3,(H,16,17)/t11-,14-/m1/s1. The highest BCUT2D eigenvalue weighted by atomic mass is 32.2. The highest BCUT2D eigenvalue weighted by Gasteiger charge is 2.57. The lowest BCUT2D eigenvalue weighted by atomic mass is 9.79. The van der Waals surface area contributed by atoms with Gasteiger partial charge < -0.3 is 15.2 Å². The van der Waals surface area contributed by atoms with E-state index in [0.717, 1.165) is 11.5 Å². The molecule has 0 unspecified atom stereocenters.